The molecule has 1 aromatic carbocycles. The summed E-state index contributed by atoms with van der Waals surface area (Å²) in [4.78, 5) is 14.2. The first-order valence-electron chi connectivity index (χ1n) is 7.75. The third-order valence-electron chi connectivity index (χ3n) is 4.12. The van der Waals surface area contributed by atoms with Crippen molar-refractivity contribution in [2.24, 2.45) is 0 Å². The van der Waals surface area contributed by atoms with Crippen molar-refractivity contribution < 1.29 is 13.9 Å². The summed E-state index contributed by atoms with van der Waals surface area (Å²) < 4.78 is 12.8. The molecule has 0 spiro atoms. The second-order valence-corrected chi connectivity index (χ2v) is 5.79. The normalized spacial score (nSPS) is 12.2. The molecule has 0 saturated carbocycles. The Morgan fingerprint density at radius 1 is 1.29 bits per heavy atom. The largest absolute Gasteiger partial charge is 0.488 e. The highest BCUT2D eigenvalue weighted by molar-refractivity contribution is 5.78. The highest BCUT2D eigenvalue weighted by Crippen LogP contribution is 2.36. The Morgan fingerprint density at radius 2 is 2.17 bits per heavy atom. The lowest BCUT2D eigenvalue weighted by Gasteiger charge is -2.20. The quantitative estimate of drug-likeness (QED) is 0.741. The highest BCUT2D eigenvalue weighted by Gasteiger charge is 2.23. The first kappa shape index (κ1) is 14.6. The van der Waals surface area contributed by atoms with Crippen molar-refractivity contribution in [3.63, 3.8) is 0 Å². The molecule has 0 saturated heterocycles. The zero-order chi connectivity index (χ0) is 16.5. The van der Waals surface area contributed by atoms with E-state index < -0.39 is 0 Å². The first-order chi connectivity index (χ1) is 11.7. The molecular weight excluding hydrogens is 306 g/mol. The number of fused-ring (bicyclic) bond motifs is 3. The standard InChI is InChI=1S/C18H17N3O3/c1-20(10-14-5-4-8-23-14)17(22)11-21-18-13(9-19-21)12-24-16-7-3-2-6-15(16)18/h2-9H,10-12H2,1H3. The van der Waals surface area contributed by atoms with E-state index in [0.29, 0.717) is 13.2 Å². The molecular formula is C18H17N3O3. The second-order valence-electron chi connectivity index (χ2n) is 5.79. The van der Waals surface area contributed by atoms with E-state index in [-0.39, 0.29) is 12.5 Å². The molecule has 0 unspecified atom stereocenters. The number of carbonyl (C=O) groups is 1. The summed E-state index contributed by atoms with van der Waals surface area (Å²) in [6, 6.07) is 11.5. The number of nitrogens with zero attached hydrogens (tertiary/aromatic N) is 3. The van der Waals surface area contributed by atoms with Crippen molar-refractivity contribution in [3.05, 3.63) is 60.2 Å². The minimum Gasteiger partial charge on any atom is -0.488 e. The van der Waals surface area contributed by atoms with E-state index in [1.165, 1.54) is 0 Å². The van der Waals surface area contributed by atoms with Crippen molar-refractivity contribution in [3.8, 4) is 17.0 Å². The molecule has 3 heterocycles. The Hall–Kier alpha value is -3.02. The maximum absolute atomic E-state index is 12.5. The molecule has 1 amide bonds. The van der Waals surface area contributed by atoms with Gasteiger partial charge in [0.05, 0.1) is 24.7 Å². The van der Waals surface area contributed by atoms with Crippen LogP contribution in [-0.4, -0.2) is 27.6 Å². The molecule has 0 atom stereocenters. The summed E-state index contributed by atoms with van der Waals surface area (Å²) in [5.41, 5.74) is 2.92. The molecule has 122 valence electrons. The fourth-order valence-electron chi connectivity index (χ4n) is 2.88. The van der Waals surface area contributed by atoms with Gasteiger partial charge in [-0.15, -0.1) is 0 Å². The minimum absolute atomic E-state index is 0.0266. The summed E-state index contributed by atoms with van der Waals surface area (Å²) in [5, 5.41) is 4.38. The Labute approximate surface area is 139 Å². The van der Waals surface area contributed by atoms with Gasteiger partial charge in [0.15, 0.2) is 0 Å². The molecule has 2 aromatic heterocycles. The second kappa shape index (κ2) is 5.88. The summed E-state index contributed by atoms with van der Waals surface area (Å²) >= 11 is 0. The molecule has 0 bridgehead atoms. The predicted molar refractivity (Wildman–Crippen MR) is 87.2 cm³/mol. The van der Waals surface area contributed by atoms with Crippen LogP contribution in [0.5, 0.6) is 5.75 Å². The number of hydrogen-bond donors (Lipinski definition) is 0. The van der Waals surface area contributed by atoms with Crippen LogP contribution < -0.4 is 4.74 Å². The predicted octanol–water partition coefficient (Wildman–Crippen LogP) is 2.69. The Bertz CT molecular complexity index is 868. The number of hydrogen-bond acceptors (Lipinski definition) is 4. The number of rotatable bonds is 4. The van der Waals surface area contributed by atoms with Crippen LogP contribution in [0, 0.1) is 0 Å². The molecule has 6 heteroatoms. The van der Waals surface area contributed by atoms with E-state index in [1.54, 1.807) is 29.1 Å². The molecule has 0 N–H and O–H groups in total. The average molecular weight is 323 g/mol. The Kier molecular flexibility index (Phi) is 3.57. The zero-order valence-corrected chi connectivity index (χ0v) is 13.3. The maximum Gasteiger partial charge on any atom is 0.244 e. The Balaban J connectivity index is 1.56. The number of para-hydroxylation sites is 1. The number of aromatic nitrogens is 2. The van der Waals surface area contributed by atoms with Gasteiger partial charge in [-0.25, -0.2) is 0 Å². The minimum atomic E-state index is -0.0266. The van der Waals surface area contributed by atoms with Crippen molar-refractivity contribution in [2.45, 2.75) is 19.7 Å². The molecule has 6 nitrogen and oxygen atoms in total. The number of likely N-dealkylation sites (N-methyl/N-ethyl adjacent to an activating group) is 1. The van der Waals surface area contributed by atoms with Gasteiger partial charge in [-0.05, 0) is 24.3 Å². The van der Waals surface area contributed by atoms with Gasteiger partial charge < -0.3 is 14.1 Å². The lowest BCUT2D eigenvalue weighted by atomic mass is 10.0. The van der Waals surface area contributed by atoms with Gasteiger partial charge >= 0.3 is 0 Å². The summed E-state index contributed by atoms with van der Waals surface area (Å²) in [7, 11) is 1.76. The van der Waals surface area contributed by atoms with Crippen LogP contribution in [-0.2, 0) is 24.5 Å². The highest BCUT2D eigenvalue weighted by atomic mass is 16.5. The molecule has 3 aromatic rings. The van der Waals surface area contributed by atoms with Gasteiger partial charge in [-0.1, -0.05) is 12.1 Å². The van der Waals surface area contributed by atoms with Crippen molar-refractivity contribution in [2.75, 3.05) is 7.05 Å². The van der Waals surface area contributed by atoms with E-state index >= 15 is 0 Å². The number of amides is 1. The molecule has 0 radical (unpaired) electrons. The number of carbonyl (C=O) groups excluding carboxylic acids is 1. The summed E-state index contributed by atoms with van der Waals surface area (Å²) in [6.07, 6.45) is 3.37. The van der Waals surface area contributed by atoms with Gasteiger partial charge in [-0.2, -0.15) is 5.10 Å². The van der Waals surface area contributed by atoms with Crippen LogP contribution in [0.15, 0.2) is 53.3 Å². The maximum atomic E-state index is 12.5. The molecule has 1 aliphatic heterocycles. The topological polar surface area (TPSA) is 60.5 Å². The van der Waals surface area contributed by atoms with Crippen molar-refractivity contribution >= 4 is 5.91 Å². The van der Waals surface area contributed by atoms with Gasteiger partial charge in [0, 0.05) is 18.2 Å². The SMILES string of the molecule is CN(Cc1ccco1)C(=O)Cn1ncc2c1-c1ccccc1OC2. The molecule has 0 aliphatic carbocycles. The molecule has 0 fully saturated rings. The molecule has 4 rings (SSSR count). The van der Waals surface area contributed by atoms with E-state index in [0.717, 1.165) is 28.3 Å². The third-order valence-corrected chi connectivity index (χ3v) is 4.12. The Morgan fingerprint density at radius 3 is 3.00 bits per heavy atom. The van der Waals surface area contributed by atoms with E-state index in [1.807, 2.05) is 36.4 Å². The number of furan rings is 1. The van der Waals surface area contributed by atoms with Crippen molar-refractivity contribution in [1.82, 2.24) is 14.7 Å². The van der Waals surface area contributed by atoms with Crippen LogP contribution in [0.1, 0.15) is 11.3 Å². The number of ether oxygens (including phenoxy) is 1. The fourth-order valence-corrected chi connectivity index (χ4v) is 2.88. The fraction of sp³-hybridized carbons (Fsp3) is 0.222. The van der Waals surface area contributed by atoms with Crippen LogP contribution in [0.25, 0.3) is 11.3 Å². The van der Waals surface area contributed by atoms with E-state index in [9.17, 15) is 4.79 Å². The lowest BCUT2D eigenvalue weighted by Crippen LogP contribution is -2.30. The van der Waals surface area contributed by atoms with Gasteiger partial charge in [0.1, 0.15) is 24.7 Å². The number of benzene rings is 1. The lowest BCUT2D eigenvalue weighted by molar-refractivity contribution is -0.131. The van der Waals surface area contributed by atoms with E-state index in [2.05, 4.69) is 5.10 Å². The van der Waals surface area contributed by atoms with Crippen LogP contribution in [0.2, 0.25) is 0 Å². The van der Waals surface area contributed by atoms with Crippen LogP contribution >= 0.6 is 0 Å². The molecule has 24 heavy (non-hydrogen) atoms. The monoisotopic (exact) mass is 323 g/mol. The zero-order valence-electron chi connectivity index (χ0n) is 13.3. The van der Waals surface area contributed by atoms with Gasteiger partial charge in [0.25, 0.3) is 0 Å². The van der Waals surface area contributed by atoms with Crippen LogP contribution in [0.4, 0.5) is 0 Å². The smallest absolute Gasteiger partial charge is 0.244 e. The van der Waals surface area contributed by atoms with E-state index in [4.69, 9.17) is 9.15 Å². The summed E-state index contributed by atoms with van der Waals surface area (Å²) in [6.45, 7) is 1.10. The summed E-state index contributed by atoms with van der Waals surface area (Å²) in [5.74, 6) is 1.55. The van der Waals surface area contributed by atoms with Gasteiger partial charge in [0.2, 0.25) is 5.91 Å². The third kappa shape index (κ3) is 2.56. The molecule has 1 aliphatic rings. The first-order valence-corrected chi connectivity index (χ1v) is 7.75. The average Bonchev–Trinajstić information content (AvgIpc) is 3.25. The van der Waals surface area contributed by atoms with Gasteiger partial charge in [-0.3, -0.25) is 9.48 Å². The van der Waals surface area contributed by atoms with Crippen LogP contribution in [0.3, 0.4) is 0 Å². The van der Waals surface area contributed by atoms with Crippen molar-refractivity contribution in [1.29, 1.82) is 0 Å².